The third-order valence-corrected chi connectivity index (χ3v) is 17.6. The minimum absolute atomic E-state index is 0.987. The topological polar surface area (TPSA) is 0 Å². The molecule has 16 aromatic rings. The number of benzene rings is 16. The average molecular weight is 1030 g/mol. The van der Waals surface area contributed by atoms with E-state index in [9.17, 15) is 0 Å². The van der Waals surface area contributed by atoms with Crippen LogP contribution in [-0.4, -0.2) is 0 Å². The van der Waals surface area contributed by atoms with Gasteiger partial charge in [-0.05, 0) is 206 Å². The molecule has 0 amide bonds. The van der Waals surface area contributed by atoms with Gasteiger partial charge in [0.1, 0.15) is 0 Å². The number of hydrogen-bond acceptors (Lipinski definition) is 0. The molecule has 16 rings (SSSR count). The van der Waals surface area contributed by atoms with E-state index >= 15 is 0 Å². The Morgan fingerprint density at radius 1 is 0.247 bits per heavy atom. The van der Waals surface area contributed by atoms with E-state index in [1.807, 2.05) is 0 Å². The predicted octanol–water partition coefficient (Wildman–Crippen LogP) is 22.3. The average Bonchev–Trinajstić information content (AvgIpc) is 3.62. The molecule has 0 N–H and O–H groups in total. The van der Waals surface area contributed by atoms with Gasteiger partial charge in [-0.2, -0.15) is 0 Å². The van der Waals surface area contributed by atoms with Gasteiger partial charge < -0.3 is 0 Å². The maximum absolute atomic E-state index is 2.45. The molecule has 0 spiro atoms. The van der Waals surface area contributed by atoms with Crippen LogP contribution in [-0.2, 0) is 0 Å². The van der Waals surface area contributed by atoms with Crippen LogP contribution in [0, 0.1) is 6.92 Å². The Kier molecular flexibility index (Phi) is 10.9. The summed E-state index contributed by atoms with van der Waals surface area (Å²) in [5, 5.41) is 24.3. The first-order valence-corrected chi connectivity index (χ1v) is 28.5. The molecule has 0 fully saturated rings. The lowest BCUT2D eigenvalue weighted by Gasteiger charge is -2.20. The highest BCUT2D eigenvalue weighted by Crippen LogP contribution is 2.48. The molecule has 0 saturated heterocycles. The van der Waals surface area contributed by atoms with Crippen LogP contribution < -0.4 is 5.22 Å². The van der Waals surface area contributed by atoms with Crippen LogP contribution in [0.15, 0.2) is 273 Å². The highest BCUT2D eigenvalue weighted by atomic mass is 14.2. The van der Waals surface area contributed by atoms with Crippen LogP contribution in [0.2, 0.25) is 0 Å². The van der Waals surface area contributed by atoms with Crippen molar-refractivity contribution in [1.82, 2.24) is 0 Å². The highest BCUT2D eigenvalue weighted by molar-refractivity contribution is 6.26. The largest absolute Gasteiger partial charge is 0.0763 e. The van der Waals surface area contributed by atoms with Gasteiger partial charge in [0.05, 0.1) is 0 Å². The molecule has 0 nitrogen and oxygen atoms in total. The van der Waals surface area contributed by atoms with Gasteiger partial charge in [-0.1, -0.05) is 268 Å². The van der Waals surface area contributed by atoms with Crippen LogP contribution >= 0.6 is 0 Å². The van der Waals surface area contributed by atoms with Crippen molar-refractivity contribution in [2.45, 2.75) is 20.3 Å². The summed E-state index contributed by atoms with van der Waals surface area (Å²) in [4.78, 5) is 0. The first-order chi connectivity index (χ1) is 40.1. The van der Waals surface area contributed by atoms with E-state index in [2.05, 4.69) is 293 Å². The molecule has 0 aliphatic rings. The molecule has 0 heteroatoms. The second-order valence-electron chi connectivity index (χ2n) is 22.1. The third-order valence-electron chi connectivity index (χ3n) is 17.6. The fourth-order valence-electron chi connectivity index (χ4n) is 14.0. The molecule has 0 aliphatic carbocycles. The molecule has 0 radical (unpaired) electrons. The molecule has 0 aromatic heterocycles. The van der Waals surface area contributed by atoms with Crippen molar-refractivity contribution in [2.24, 2.45) is 0 Å². The number of hydrogen-bond donors (Lipinski definition) is 0. The van der Waals surface area contributed by atoms with Gasteiger partial charge in [0.15, 0.2) is 0 Å². The van der Waals surface area contributed by atoms with E-state index in [1.54, 1.807) is 0 Å². The standard InChI is InChI=1S/C81H54/c1-3-16-63-72-30-15-29-64-62(45-46-73(81(64)72)65-28-14-17-50(2)76(63)65)54-35-39-56(40-36-54)78-68-24-10-8-22-66(68)77(67-23-9-11-25-69(67)78)55-37-31-53(32-38-55)59-43-44-74-75(49-59)80(61-42-34-52-19-5-7-21-58(52)48-61)71-27-13-12-26-70(71)79(74)60-41-33-51-18-4-6-20-57(51)47-60/h4-49H,3H2,1-2H3/b63-16-. The molecule has 0 unspecified atom stereocenters. The van der Waals surface area contributed by atoms with Crippen molar-refractivity contribution in [3.63, 3.8) is 0 Å². The maximum Gasteiger partial charge on any atom is -0.00203 e. The molecule has 16 aromatic carbocycles. The van der Waals surface area contributed by atoms with Gasteiger partial charge in [0, 0.05) is 0 Å². The molecule has 0 atom stereocenters. The zero-order valence-corrected chi connectivity index (χ0v) is 45.3. The van der Waals surface area contributed by atoms with Crippen molar-refractivity contribution in [3.05, 3.63) is 284 Å². The summed E-state index contributed by atoms with van der Waals surface area (Å²) in [5.41, 5.74) is 16.1. The molecule has 378 valence electrons. The van der Waals surface area contributed by atoms with E-state index < -0.39 is 0 Å². The lowest BCUT2D eigenvalue weighted by Crippen LogP contribution is -2.07. The van der Waals surface area contributed by atoms with Gasteiger partial charge in [0.25, 0.3) is 0 Å². The van der Waals surface area contributed by atoms with Crippen molar-refractivity contribution in [3.8, 4) is 66.8 Å². The molecule has 0 saturated carbocycles. The first-order valence-electron chi connectivity index (χ1n) is 28.5. The molecule has 81 heavy (non-hydrogen) atoms. The normalized spacial score (nSPS) is 12.2. The fourth-order valence-corrected chi connectivity index (χ4v) is 14.0. The number of aryl methyl sites for hydroxylation is 1. The van der Waals surface area contributed by atoms with Crippen LogP contribution in [0.25, 0.3) is 170 Å². The smallest absolute Gasteiger partial charge is 0.00203 e. The van der Waals surface area contributed by atoms with Crippen LogP contribution in [0.5, 0.6) is 0 Å². The summed E-state index contributed by atoms with van der Waals surface area (Å²) in [6.07, 6.45) is 3.40. The van der Waals surface area contributed by atoms with Crippen molar-refractivity contribution < 1.29 is 0 Å². The quantitative estimate of drug-likeness (QED) is 0.110. The van der Waals surface area contributed by atoms with E-state index in [0.29, 0.717) is 0 Å². The van der Waals surface area contributed by atoms with E-state index in [4.69, 9.17) is 0 Å². The van der Waals surface area contributed by atoms with Gasteiger partial charge in [-0.3, -0.25) is 0 Å². The van der Waals surface area contributed by atoms with Crippen molar-refractivity contribution in [1.29, 1.82) is 0 Å². The van der Waals surface area contributed by atoms with E-state index in [0.717, 1.165) is 6.42 Å². The monoisotopic (exact) mass is 1030 g/mol. The SMILES string of the molecule is CC/C=c1/c2cccc3c(-c4ccc(-c5c6ccccc6c(-c6ccc(-c7ccc8c(-c9ccc%10ccccc%10c9)c9ccccc9c(-c9ccc%10ccccc%10c9)c8c7)cc6)c6ccccc56)cc4)ccc(c4cccc(C)c14)c32. The Bertz CT molecular complexity index is 5250. The van der Waals surface area contributed by atoms with Gasteiger partial charge in [-0.25, -0.2) is 0 Å². The van der Waals surface area contributed by atoms with Gasteiger partial charge >= 0.3 is 0 Å². The lowest BCUT2D eigenvalue weighted by atomic mass is 9.84. The summed E-state index contributed by atoms with van der Waals surface area (Å²) in [5.74, 6) is 0. The fraction of sp³-hybridized carbons (Fsp3) is 0.0370. The second-order valence-corrected chi connectivity index (χ2v) is 22.1. The zero-order chi connectivity index (χ0) is 53.7. The zero-order valence-electron chi connectivity index (χ0n) is 45.3. The Balaban J connectivity index is 0.818. The summed E-state index contributed by atoms with van der Waals surface area (Å²) in [6.45, 7) is 4.49. The van der Waals surface area contributed by atoms with E-state index in [-0.39, 0.29) is 0 Å². The van der Waals surface area contributed by atoms with E-state index in [1.165, 1.54) is 174 Å². The number of fused-ring (bicyclic) bond motifs is 8. The summed E-state index contributed by atoms with van der Waals surface area (Å²) in [6, 6.07) is 103. The molecule has 0 heterocycles. The summed E-state index contributed by atoms with van der Waals surface area (Å²) < 4.78 is 0. The molecule has 0 bridgehead atoms. The molecular formula is C81H54. The Morgan fingerprint density at radius 3 is 1.19 bits per heavy atom. The second kappa shape index (κ2) is 18.8. The first kappa shape index (κ1) is 46.9. The lowest BCUT2D eigenvalue weighted by molar-refractivity contribution is 1.29. The molecule has 0 aliphatic heterocycles. The molecular weight excluding hydrogens is 973 g/mol. The van der Waals surface area contributed by atoms with Crippen LogP contribution in [0.3, 0.4) is 0 Å². The van der Waals surface area contributed by atoms with Crippen molar-refractivity contribution in [2.75, 3.05) is 0 Å². The van der Waals surface area contributed by atoms with Gasteiger partial charge in [0.2, 0.25) is 0 Å². The summed E-state index contributed by atoms with van der Waals surface area (Å²) in [7, 11) is 0. The van der Waals surface area contributed by atoms with Crippen molar-refractivity contribution >= 4 is 103 Å². The Hall–Kier alpha value is -10.1. The minimum atomic E-state index is 0.987. The van der Waals surface area contributed by atoms with Crippen LogP contribution in [0.4, 0.5) is 0 Å². The highest BCUT2D eigenvalue weighted by Gasteiger charge is 2.21. The summed E-state index contributed by atoms with van der Waals surface area (Å²) >= 11 is 0. The van der Waals surface area contributed by atoms with Gasteiger partial charge in [-0.15, -0.1) is 0 Å². The number of rotatable bonds is 7. The Labute approximate surface area is 471 Å². The third kappa shape index (κ3) is 7.45. The predicted molar refractivity (Wildman–Crippen MR) is 351 cm³/mol. The maximum atomic E-state index is 2.45. The Morgan fingerprint density at radius 2 is 0.630 bits per heavy atom. The van der Waals surface area contributed by atoms with Crippen LogP contribution in [0.1, 0.15) is 18.9 Å². The minimum Gasteiger partial charge on any atom is -0.0763 e.